The molecule has 0 aliphatic carbocycles. The molecule has 2 aromatic heterocycles. The van der Waals surface area contributed by atoms with Gasteiger partial charge in [0.05, 0.1) is 25.4 Å². The molecule has 2 heterocycles. The maximum atomic E-state index is 12.6. The lowest BCUT2D eigenvalue weighted by Crippen LogP contribution is -2.12. The number of benzene rings is 1. The van der Waals surface area contributed by atoms with Gasteiger partial charge in [0.15, 0.2) is 17.1 Å². The monoisotopic (exact) mass is 392 g/mol. The number of carbonyl (C=O) groups is 1. The number of imidazole rings is 1. The third kappa shape index (κ3) is 4.75. The minimum atomic E-state index is -0.672. The van der Waals surface area contributed by atoms with Crippen molar-refractivity contribution in [3.05, 3.63) is 86.5 Å². The van der Waals surface area contributed by atoms with Crippen LogP contribution in [0.5, 0.6) is 5.75 Å². The second kappa shape index (κ2) is 9.65. The summed E-state index contributed by atoms with van der Waals surface area (Å²) < 4.78 is 12.5. The zero-order chi connectivity index (χ0) is 20.5. The molecule has 0 saturated heterocycles. The van der Waals surface area contributed by atoms with Crippen LogP contribution in [-0.4, -0.2) is 28.5 Å². The van der Waals surface area contributed by atoms with Gasteiger partial charge >= 0.3 is 5.97 Å². The third-order valence-electron chi connectivity index (χ3n) is 3.89. The molecule has 11 nitrogen and oxygen atoms in total. The average molecular weight is 392 g/mol. The molecule has 0 amide bonds. The Balaban J connectivity index is 1.92. The van der Waals surface area contributed by atoms with Gasteiger partial charge in [-0.2, -0.15) is 0 Å². The van der Waals surface area contributed by atoms with E-state index in [1.807, 2.05) is 30.3 Å². The van der Waals surface area contributed by atoms with Gasteiger partial charge in [-0.3, -0.25) is 4.40 Å². The van der Waals surface area contributed by atoms with Crippen LogP contribution in [0.2, 0.25) is 0 Å². The van der Waals surface area contributed by atoms with Crippen LogP contribution in [-0.2, 0) is 17.9 Å². The highest BCUT2D eigenvalue weighted by Crippen LogP contribution is 2.24. The van der Waals surface area contributed by atoms with E-state index in [1.165, 1.54) is 4.40 Å². The molecule has 0 aliphatic heterocycles. The summed E-state index contributed by atoms with van der Waals surface area (Å²) in [7, 11) is 0. The van der Waals surface area contributed by atoms with Gasteiger partial charge in [-0.15, -0.1) is 0 Å². The van der Waals surface area contributed by atoms with Gasteiger partial charge in [-0.1, -0.05) is 40.6 Å². The Morgan fingerprint density at radius 2 is 1.90 bits per heavy atom. The van der Waals surface area contributed by atoms with Crippen molar-refractivity contribution in [2.24, 2.45) is 10.2 Å². The van der Waals surface area contributed by atoms with Crippen molar-refractivity contribution in [2.75, 3.05) is 13.2 Å². The van der Waals surface area contributed by atoms with Crippen LogP contribution < -0.4 is 4.74 Å². The lowest BCUT2D eigenvalue weighted by molar-refractivity contribution is 0.0507. The number of carbonyl (C=O) groups excluding carboxylic acids is 1. The fourth-order valence-electron chi connectivity index (χ4n) is 2.65. The van der Waals surface area contributed by atoms with Crippen molar-refractivity contribution in [2.45, 2.75) is 13.2 Å². The molecule has 0 aliphatic rings. The van der Waals surface area contributed by atoms with Crippen LogP contribution in [0.4, 0.5) is 0 Å². The van der Waals surface area contributed by atoms with E-state index >= 15 is 0 Å². The van der Waals surface area contributed by atoms with Crippen molar-refractivity contribution in [1.29, 1.82) is 0 Å². The maximum Gasteiger partial charge on any atom is 0.357 e. The van der Waals surface area contributed by atoms with Crippen molar-refractivity contribution >= 4 is 11.6 Å². The van der Waals surface area contributed by atoms with Crippen LogP contribution >= 0.6 is 0 Å². The van der Waals surface area contributed by atoms with Crippen molar-refractivity contribution in [1.82, 2.24) is 9.38 Å². The van der Waals surface area contributed by atoms with E-state index in [4.69, 9.17) is 20.5 Å². The lowest BCUT2D eigenvalue weighted by Gasteiger charge is -2.08. The number of hydrogen-bond donors (Lipinski definition) is 0. The summed E-state index contributed by atoms with van der Waals surface area (Å²) in [6.45, 7) is 0.124. The van der Waals surface area contributed by atoms with E-state index in [9.17, 15) is 4.79 Å². The predicted octanol–water partition coefficient (Wildman–Crippen LogP) is 4.19. The number of esters is 1. The highest BCUT2D eigenvalue weighted by Gasteiger charge is 2.22. The van der Waals surface area contributed by atoms with Gasteiger partial charge < -0.3 is 9.47 Å². The molecule has 3 aromatic rings. The van der Waals surface area contributed by atoms with Crippen molar-refractivity contribution < 1.29 is 14.3 Å². The molecular formula is C18H16N8O3. The predicted molar refractivity (Wildman–Crippen MR) is 103 cm³/mol. The highest BCUT2D eigenvalue weighted by atomic mass is 16.5. The number of azide groups is 2. The summed E-state index contributed by atoms with van der Waals surface area (Å²) >= 11 is 0. The summed E-state index contributed by atoms with van der Waals surface area (Å²) in [5.41, 5.74) is 18.7. The number of fused-ring (bicyclic) bond motifs is 1. The molecule has 29 heavy (non-hydrogen) atoms. The molecule has 0 unspecified atom stereocenters. The van der Waals surface area contributed by atoms with Gasteiger partial charge in [0.25, 0.3) is 0 Å². The summed E-state index contributed by atoms with van der Waals surface area (Å²) in [4.78, 5) is 22.3. The first kappa shape index (κ1) is 19.6. The third-order valence-corrected chi connectivity index (χ3v) is 3.89. The molecule has 1 aromatic carbocycles. The number of ether oxygens (including phenoxy) is 2. The van der Waals surface area contributed by atoms with Gasteiger partial charge in [-0.05, 0) is 28.8 Å². The number of hydrogen-bond acceptors (Lipinski definition) is 6. The fourth-order valence-corrected chi connectivity index (χ4v) is 2.65. The second-order valence-corrected chi connectivity index (χ2v) is 5.73. The summed E-state index contributed by atoms with van der Waals surface area (Å²) in [6, 6.07) is 13.1. The molecule has 11 heteroatoms. The Hall–Kier alpha value is -4.20. The summed E-state index contributed by atoms with van der Waals surface area (Å²) in [6.07, 6.45) is 1.64. The van der Waals surface area contributed by atoms with E-state index in [0.717, 1.165) is 5.56 Å². The Bertz CT molecular complexity index is 1100. The van der Waals surface area contributed by atoms with E-state index in [1.54, 1.807) is 18.3 Å². The van der Waals surface area contributed by atoms with Gasteiger partial charge in [0.2, 0.25) is 0 Å². The summed E-state index contributed by atoms with van der Waals surface area (Å²) in [5, 5.41) is 6.82. The number of rotatable bonds is 9. The van der Waals surface area contributed by atoms with Crippen LogP contribution in [0.15, 0.2) is 58.9 Å². The molecular weight excluding hydrogens is 376 g/mol. The van der Waals surface area contributed by atoms with Crippen molar-refractivity contribution in [3.63, 3.8) is 0 Å². The van der Waals surface area contributed by atoms with E-state index in [2.05, 4.69) is 25.0 Å². The zero-order valence-corrected chi connectivity index (χ0v) is 15.2. The number of aromatic nitrogens is 2. The quantitative estimate of drug-likeness (QED) is 0.176. The number of pyridine rings is 1. The minimum absolute atomic E-state index is 0.0100. The van der Waals surface area contributed by atoms with Gasteiger partial charge in [-0.25, -0.2) is 9.78 Å². The highest BCUT2D eigenvalue weighted by molar-refractivity contribution is 5.90. The van der Waals surface area contributed by atoms with Crippen LogP contribution in [0.3, 0.4) is 0 Å². The first-order valence-corrected chi connectivity index (χ1v) is 8.60. The normalized spacial score (nSPS) is 10.1. The van der Waals surface area contributed by atoms with Crippen molar-refractivity contribution in [3.8, 4) is 5.75 Å². The molecule has 0 fully saturated rings. The molecule has 3 rings (SSSR count). The van der Waals surface area contributed by atoms with Crippen LogP contribution in [0.1, 0.15) is 21.7 Å². The largest absolute Gasteiger partial charge is 0.485 e. The minimum Gasteiger partial charge on any atom is -0.485 e. The van der Waals surface area contributed by atoms with Crippen LogP contribution in [0, 0.1) is 0 Å². The van der Waals surface area contributed by atoms with Gasteiger partial charge in [0, 0.05) is 16.0 Å². The Kier molecular flexibility index (Phi) is 6.51. The second-order valence-electron chi connectivity index (χ2n) is 5.73. The van der Waals surface area contributed by atoms with Gasteiger partial charge in [0.1, 0.15) is 6.61 Å². The molecule has 0 saturated carbocycles. The maximum absolute atomic E-state index is 12.6. The lowest BCUT2D eigenvalue weighted by atomic mass is 10.2. The summed E-state index contributed by atoms with van der Waals surface area (Å²) in [5.74, 6) is -0.208. The Labute approximate surface area is 164 Å². The SMILES string of the molecule is [N-]=[N+]=NCCOC(=O)c1c(CN=[N+]=[N-])nc2c(OCc3ccccc3)cccn12. The van der Waals surface area contributed by atoms with E-state index in [0.29, 0.717) is 18.0 Å². The molecule has 146 valence electrons. The zero-order valence-electron chi connectivity index (χ0n) is 15.2. The Morgan fingerprint density at radius 3 is 2.66 bits per heavy atom. The number of nitrogens with zero attached hydrogens (tertiary/aromatic N) is 8. The standard InChI is InChI=1S/C18H16N8O3/c19-24-21-8-10-28-18(27)16-14(11-22-25-20)23-17-15(7-4-9-26(16)17)29-12-13-5-2-1-3-6-13/h1-7,9H,8,10-12H2. The molecule has 0 spiro atoms. The topological polar surface area (TPSA) is 150 Å². The Morgan fingerprint density at radius 1 is 1.10 bits per heavy atom. The average Bonchev–Trinajstić information content (AvgIpc) is 3.13. The first-order chi connectivity index (χ1) is 14.2. The molecule has 0 radical (unpaired) electrons. The molecule has 0 N–H and O–H groups in total. The first-order valence-electron chi connectivity index (χ1n) is 8.60. The van der Waals surface area contributed by atoms with Crippen LogP contribution in [0.25, 0.3) is 26.5 Å². The smallest absolute Gasteiger partial charge is 0.357 e. The fraction of sp³-hybridized carbons (Fsp3) is 0.222. The molecule has 0 atom stereocenters. The van der Waals surface area contributed by atoms with E-state index < -0.39 is 5.97 Å². The molecule has 0 bridgehead atoms. The van der Waals surface area contributed by atoms with E-state index in [-0.39, 0.29) is 31.1 Å².